The van der Waals surface area contributed by atoms with Crippen LogP contribution in [0.25, 0.3) is 0 Å². The number of hydrogen-bond acceptors (Lipinski definition) is 4. The molecular formula is C24H28N2OS. The van der Waals surface area contributed by atoms with Gasteiger partial charge in [-0.3, -0.25) is 4.90 Å². The van der Waals surface area contributed by atoms with Gasteiger partial charge in [-0.15, -0.1) is 11.3 Å². The first-order valence-electron chi connectivity index (χ1n) is 10.1. The van der Waals surface area contributed by atoms with Crippen LogP contribution in [-0.4, -0.2) is 31.1 Å². The van der Waals surface area contributed by atoms with E-state index in [1.807, 2.05) is 29.5 Å². The van der Waals surface area contributed by atoms with Gasteiger partial charge in [0.2, 0.25) is 0 Å². The van der Waals surface area contributed by atoms with Crippen molar-refractivity contribution < 1.29 is 4.74 Å². The summed E-state index contributed by atoms with van der Waals surface area (Å²) in [4.78, 5) is 5.42. The minimum absolute atomic E-state index is 0.321. The van der Waals surface area contributed by atoms with E-state index in [2.05, 4.69) is 65.7 Å². The molecule has 146 valence electrons. The quantitative estimate of drug-likeness (QED) is 0.637. The highest BCUT2D eigenvalue weighted by Crippen LogP contribution is 2.34. The monoisotopic (exact) mass is 392 g/mol. The molecule has 0 amide bonds. The Morgan fingerprint density at radius 3 is 2.54 bits per heavy atom. The lowest BCUT2D eigenvalue weighted by molar-refractivity contribution is 0.243. The summed E-state index contributed by atoms with van der Waals surface area (Å²) >= 11 is 1.91. The van der Waals surface area contributed by atoms with Gasteiger partial charge in [0.25, 0.3) is 0 Å². The summed E-state index contributed by atoms with van der Waals surface area (Å²) < 4.78 is 5.98. The molecule has 1 aliphatic rings. The second-order valence-electron chi connectivity index (χ2n) is 7.33. The molecule has 0 spiro atoms. The van der Waals surface area contributed by atoms with Gasteiger partial charge < -0.3 is 10.1 Å². The maximum Gasteiger partial charge on any atom is 0.119 e. The minimum atomic E-state index is 0.321. The molecule has 1 unspecified atom stereocenters. The summed E-state index contributed by atoms with van der Waals surface area (Å²) in [6, 6.07) is 23.9. The van der Waals surface area contributed by atoms with E-state index in [1.165, 1.54) is 27.3 Å². The first-order chi connectivity index (χ1) is 13.8. The Morgan fingerprint density at radius 1 is 0.964 bits per heavy atom. The highest BCUT2D eigenvalue weighted by atomic mass is 32.1. The summed E-state index contributed by atoms with van der Waals surface area (Å²) in [7, 11) is 0. The van der Waals surface area contributed by atoms with Crippen LogP contribution in [0.15, 0.2) is 66.7 Å². The molecule has 1 aromatic heterocycles. The van der Waals surface area contributed by atoms with Crippen molar-refractivity contribution in [1.82, 2.24) is 10.2 Å². The molecule has 0 saturated carbocycles. The fourth-order valence-corrected chi connectivity index (χ4v) is 4.81. The van der Waals surface area contributed by atoms with Crippen LogP contribution in [0.3, 0.4) is 0 Å². The summed E-state index contributed by atoms with van der Waals surface area (Å²) in [6.07, 6.45) is 1.19. The molecule has 1 saturated heterocycles. The van der Waals surface area contributed by atoms with E-state index in [0.717, 1.165) is 31.9 Å². The van der Waals surface area contributed by atoms with E-state index in [9.17, 15) is 0 Å². The van der Waals surface area contributed by atoms with Crippen LogP contribution in [0.5, 0.6) is 5.75 Å². The SMILES string of the molecule is Cc1ccc(C(c2ccc(OCc3ccccc3)cc2)N2CCCNCC2)s1. The lowest BCUT2D eigenvalue weighted by Gasteiger charge is -2.30. The Bertz CT molecular complexity index is 852. The Morgan fingerprint density at radius 2 is 1.79 bits per heavy atom. The van der Waals surface area contributed by atoms with Gasteiger partial charge in [-0.1, -0.05) is 42.5 Å². The summed E-state index contributed by atoms with van der Waals surface area (Å²) in [5, 5.41) is 3.52. The summed E-state index contributed by atoms with van der Waals surface area (Å²) in [5.74, 6) is 0.922. The molecular weight excluding hydrogens is 364 g/mol. The first kappa shape index (κ1) is 19.2. The van der Waals surface area contributed by atoms with Crippen molar-refractivity contribution in [2.45, 2.75) is 26.0 Å². The molecule has 3 aromatic rings. The second kappa shape index (κ2) is 9.37. The molecule has 4 rings (SSSR count). The molecule has 2 aromatic carbocycles. The van der Waals surface area contributed by atoms with Gasteiger partial charge in [-0.2, -0.15) is 0 Å². The van der Waals surface area contributed by atoms with Crippen molar-refractivity contribution >= 4 is 11.3 Å². The number of hydrogen-bond donors (Lipinski definition) is 1. The third-order valence-corrected chi connectivity index (χ3v) is 6.27. The van der Waals surface area contributed by atoms with E-state index in [0.29, 0.717) is 12.6 Å². The van der Waals surface area contributed by atoms with Crippen molar-refractivity contribution in [3.63, 3.8) is 0 Å². The predicted molar refractivity (Wildman–Crippen MR) is 117 cm³/mol. The Hall–Kier alpha value is -2.14. The van der Waals surface area contributed by atoms with Gasteiger partial charge >= 0.3 is 0 Å². The number of aryl methyl sites for hydroxylation is 1. The molecule has 28 heavy (non-hydrogen) atoms. The minimum Gasteiger partial charge on any atom is -0.489 e. The van der Waals surface area contributed by atoms with E-state index in [1.54, 1.807) is 0 Å². The molecule has 1 atom stereocenters. The van der Waals surface area contributed by atoms with Crippen molar-refractivity contribution in [2.75, 3.05) is 26.2 Å². The van der Waals surface area contributed by atoms with Gasteiger partial charge in [0.05, 0.1) is 6.04 Å². The van der Waals surface area contributed by atoms with E-state index >= 15 is 0 Å². The van der Waals surface area contributed by atoms with Crippen LogP contribution in [0.1, 0.15) is 33.3 Å². The lowest BCUT2D eigenvalue weighted by Crippen LogP contribution is -2.32. The lowest BCUT2D eigenvalue weighted by atomic mass is 10.0. The van der Waals surface area contributed by atoms with Gasteiger partial charge in [0.15, 0.2) is 0 Å². The van der Waals surface area contributed by atoms with Crippen LogP contribution in [-0.2, 0) is 6.61 Å². The van der Waals surface area contributed by atoms with Gasteiger partial charge in [0.1, 0.15) is 12.4 Å². The zero-order valence-corrected chi connectivity index (χ0v) is 17.3. The number of benzene rings is 2. The topological polar surface area (TPSA) is 24.5 Å². The summed E-state index contributed by atoms with van der Waals surface area (Å²) in [6.45, 7) is 7.16. The maximum atomic E-state index is 5.98. The number of nitrogens with one attached hydrogen (secondary N) is 1. The molecule has 1 fully saturated rings. The van der Waals surface area contributed by atoms with Crippen LogP contribution in [0, 0.1) is 6.92 Å². The Labute approximate surface area is 172 Å². The smallest absolute Gasteiger partial charge is 0.119 e. The number of rotatable bonds is 6. The zero-order chi connectivity index (χ0) is 19.2. The van der Waals surface area contributed by atoms with E-state index < -0.39 is 0 Å². The Balaban J connectivity index is 1.52. The molecule has 1 N–H and O–H groups in total. The fraction of sp³-hybridized carbons (Fsp3) is 0.333. The number of thiophene rings is 1. The van der Waals surface area contributed by atoms with Crippen molar-refractivity contribution in [3.8, 4) is 5.75 Å². The third-order valence-electron chi connectivity index (χ3n) is 5.21. The van der Waals surface area contributed by atoms with E-state index in [-0.39, 0.29) is 0 Å². The third kappa shape index (κ3) is 4.82. The van der Waals surface area contributed by atoms with Crippen molar-refractivity contribution in [1.29, 1.82) is 0 Å². The highest BCUT2D eigenvalue weighted by Gasteiger charge is 2.24. The molecule has 3 nitrogen and oxygen atoms in total. The molecule has 4 heteroatoms. The summed E-state index contributed by atoms with van der Waals surface area (Å²) in [5.41, 5.74) is 2.53. The average molecular weight is 393 g/mol. The number of ether oxygens (including phenoxy) is 1. The molecule has 1 aliphatic heterocycles. The molecule has 0 radical (unpaired) electrons. The predicted octanol–water partition coefficient (Wildman–Crippen LogP) is 5.02. The number of nitrogens with zero attached hydrogens (tertiary/aromatic N) is 1. The average Bonchev–Trinajstić information content (AvgIpc) is 2.99. The van der Waals surface area contributed by atoms with Gasteiger partial charge in [-0.25, -0.2) is 0 Å². The molecule has 2 heterocycles. The normalized spacial score (nSPS) is 16.5. The first-order valence-corrected chi connectivity index (χ1v) is 10.9. The maximum absolute atomic E-state index is 5.98. The Kier molecular flexibility index (Phi) is 6.42. The highest BCUT2D eigenvalue weighted by molar-refractivity contribution is 7.12. The van der Waals surface area contributed by atoms with Crippen molar-refractivity contribution in [3.05, 3.63) is 87.6 Å². The molecule has 0 bridgehead atoms. The largest absolute Gasteiger partial charge is 0.489 e. The van der Waals surface area contributed by atoms with Crippen LogP contribution in [0.4, 0.5) is 0 Å². The van der Waals surface area contributed by atoms with Crippen LogP contribution in [0.2, 0.25) is 0 Å². The van der Waals surface area contributed by atoms with Crippen LogP contribution < -0.4 is 10.1 Å². The van der Waals surface area contributed by atoms with E-state index in [4.69, 9.17) is 4.74 Å². The van der Waals surface area contributed by atoms with Gasteiger partial charge in [0, 0.05) is 29.4 Å². The van der Waals surface area contributed by atoms with Gasteiger partial charge in [-0.05, 0) is 55.3 Å². The van der Waals surface area contributed by atoms with Crippen LogP contribution >= 0.6 is 11.3 Å². The fourth-order valence-electron chi connectivity index (χ4n) is 3.77. The second-order valence-corrected chi connectivity index (χ2v) is 8.65. The standard InChI is InChI=1S/C24H28N2OS/c1-19-8-13-23(28-19)24(26-16-5-14-25-15-17-26)21-9-11-22(12-10-21)27-18-20-6-3-2-4-7-20/h2-4,6-13,24-25H,5,14-18H2,1H3. The van der Waals surface area contributed by atoms with Crippen molar-refractivity contribution in [2.24, 2.45) is 0 Å². The molecule has 0 aliphatic carbocycles. The zero-order valence-electron chi connectivity index (χ0n) is 16.4.